The molecule has 0 bridgehead atoms. The van der Waals surface area contributed by atoms with Crippen LogP contribution < -0.4 is 0 Å². The van der Waals surface area contributed by atoms with E-state index in [0.717, 1.165) is 11.6 Å². The van der Waals surface area contributed by atoms with Crippen molar-refractivity contribution in [1.29, 1.82) is 0 Å². The Morgan fingerprint density at radius 1 is 1.31 bits per heavy atom. The molecule has 1 unspecified atom stereocenters. The third-order valence-electron chi connectivity index (χ3n) is 2.00. The summed E-state index contributed by atoms with van der Waals surface area (Å²) in [6.07, 6.45) is 2.53. The van der Waals surface area contributed by atoms with Gasteiger partial charge in [-0.25, -0.2) is 4.79 Å². The van der Waals surface area contributed by atoms with E-state index in [-0.39, 0.29) is 5.78 Å². The third-order valence-corrected chi connectivity index (χ3v) is 2.56. The summed E-state index contributed by atoms with van der Waals surface area (Å²) in [7, 11) is 0. The van der Waals surface area contributed by atoms with Gasteiger partial charge in [0.2, 0.25) is 0 Å². The molecule has 3 nitrogen and oxygen atoms in total. The number of hydrogen-bond donors (Lipinski definition) is 1. The summed E-state index contributed by atoms with van der Waals surface area (Å²) in [5.41, 5.74) is 1.46. The Kier molecular flexibility index (Phi) is 4.26. The maximum atomic E-state index is 11.0. The van der Waals surface area contributed by atoms with Crippen LogP contribution in [-0.2, 0) is 9.59 Å². The van der Waals surface area contributed by atoms with Crippen LogP contribution in [0, 0.1) is 0 Å². The lowest BCUT2D eigenvalue weighted by Gasteiger charge is -2.05. The Labute approximate surface area is 98.4 Å². The van der Waals surface area contributed by atoms with E-state index < -0.39 is 11.3 Å². The molecule has 1 rings (SSSR count). The second-order valence-corrected chi connectivity index (χ2v) is 3.75. The van der Waals surface area contributed by atoms with E-state index in [4.69, 9.17) is 16.7 Å². The van der Waals surface area contributed by atoms with Crippen LogP contribution in [0.1, 0.15) is 23.4 Å². The second kappa shape index (κ2) is 5.47. The first-order valence-electron chi connectivity index (χ1n) is 4.66. The normalized spacial score (nSPS) is 12.6. The molecule has 0 aromatic heterocycles. The van der Waals surface area contributed by atoms with Gasteiger partial charge in [-0.1, -0.05) is 24.3 Å². The highest BCUT2D eigenvalue weighted by molar-refractivity contribution is 6.30. The molecule has 1 aromatic rings. The summed E-state index contributed by atoms with van der Waals surface area (Å²) in [5.74, 6) is -1.11. The molecule has 0 fully saturated rings. The zero-order chi connectivity index (χ0) is 12.1. The first-order chi connectivity index (χ1) is 7.50. The maximum absolute atomic E-state index is 11.0. The average Bonchev–Trinajstić information content (AvgIpc) is 2.26. The molecule has 84 valence electrons. The van der Waals surface area contributed by atoms with Crippen LogP contribution in [-0.4, -0.2) is 16.9 Å². The highest BCUT2D eigenvalue weighted by Crippen LogP contribution is 2.21. The molecule has 1 N–H and O–H groups in total. The molecular formula is C12H11ClO3. The number of benzene rings is 1. The number of carbonyl (C=O) groups excluding carboxylic acids is 1. The number of Topliss-reactive ketones (excluding diaryl/α,β-unsaturated/α-hetero) is 1. The number of hydrogen-bond acceptors (Lipinski definition) is 2. The van der Waals surface area contributed by atoms with E-state index >= 15 is 0 Å². The number of rotatable bonds is 4. The van der Waals surface area contributed by atoms with E-state index in [1.54, 1.807) is 24.3 Å². The number of aliphatic carboxylic acids is 1. The van der Waals surface area contributed by atoms with Gasteiger partial charge < -0.3 is 5.11 Å². The molecular weight excluding hydrogens is 228 g/mol. The molecule has 1 aromatic carbocycles. The van der Waals surface area contributed by atoms with Gasteiger partial charge in [-0.05, 0) is 24.1 Å². The highest BCUT2D eigenvalue weighted by Gasteiger charge is 2.11. The monoisotopic (exact) mass is 238 g/mol. The van der Waals surface area contributed by atoms with Gasteiger partial charge in [-0.15, -0.1) is 11.6 Å². The van der Waals surface area contributed by atoms with Crippen molar-refractivity contribution in [2.24, 2.45) is 0 Å². The SMILES string of the molecule is CC(=O)C(Cl)c1ccc(/C=C/C(=O)O)cc1. The van der Waals surface area contributed by atoms with E-state index in [0.29, 0.717) is 5.56 Å². The number of carboxylic acid groups (broad SMARTS) is 1. The number of carboxylic acids is 1. The molecule has 0 radical (unpaired) electrons. The van der Waals surface area contributed by atoms with Gasteiger partial charge in [0.25, 0.3) is 0 Å². The van der Waals surface area contributed by atoms with Crippen molar-refractivity contribution in [2.45, 2.75) is 12.3 Å². The number of ketones is 1. The predicted molar refractivity (Wildman–Crippen MR) is 62.4 cm³/mol. The fourth-order valence-electron chi connectivity index (χ4n) is 1.18. The van der Waals surface area contributed by atoms with E-state index in [1.807, 2.05) is 0 Å². The molecule has 16 heavy (non-hydrogen) atoms. The van der Waals surface area contributed by atoms with Crippen molar-refractivity contribution in [3.05, 3.63) is 41.5 Å². The van der Waals surface area contributed by atoms with Crippen molar-refractivity contribution >= 4 is 29.4 Å². The molecule has 0 spiro atoms. The lowest BCUT2D eigenvalue weighted by Crippen LogP contribution is -2.00. The van der Waals surface area contributed by atoms with Crippen LogP contribution in [0.4, 0.5) is 0 Å². The maximum Gasteiger partial charge on any atom is 0.328 e. The minimum atomic E-state index is -0.997. The standard InChI is InChI=1S/C12H11ClO3/c1-8(14)12(13)10-5-2-9(3-6-10)4-7-11(15)16/h2-7,12H,1H3,(H,15,16)/b7-4+. The first-order valence-corrected chi connectivity index (χ1v) is 5.10. The zero-order valence-electron chi connectivity index (χ0n) is 8.68. The van der Waals surface area contributed by atoms with Crippen molar-refractivity contribution in [2.75, 3.05) is 0 Å². The summed E-state index contributed by atoms with van der Waals surface area (Å²) in [4.78, 5) is 21.3. The minimum absolute atomic E-state index is 0.115. The van der Waals surface area contributed by atoms with E-state index in [2.05, 4.69) is 0 Å². The number of carbonyl (C=O) groups is 2. The Bertz CT molecular complexity index is 420. The molecule has 0 aliphatic heterocycles. The highest BCUT2D eigenvalue weighted by atomic mass is 35.5. The molecule has 1 atom stereocenters. The fourth-order valence-corrected chi connectivity index (χ4v) is 1.32. The van der Waals surface area contributed by atoms with Gasteiger partial charge in [-0.2, -0.15) is 0 Å². The lowest BCUT2D eigenvalue weighted by molar-refractivity contribution is -0.131. The van der Waals surface area contributed by atoms with Crippen molar-refractivity contribution in [1.82, 2.24) is 0 Å². The van der Waals surface area contributed by atoms with Gasteiger partial charge >= 0.3 is 5.97 Å². The average molecular weight is 239 g/mol. The van der Waals surface area contributed by atoms with Crippen molar-refractivity contribution in [3.63, 3.8) is 0 Å². The van der Waals surface area contributed by atoms with E-state index in [9.17, 15) is 9.59 Å². The quantitative estimate of drug-likeness (QED) is 0.648. The topological polar surface area (TPSA) is 54.4 Å². The first kappa shape index (κ1) is 12.5. The van der Waals surface area contributed by atoms with Gasteiger partial charge in [0.05, 0.1) is 0 Å². The van der Waals surface area contributed by atoms with Gasteiger partial charge in [0.15, 0.2) is 5.78 Å². The van der Waals surface area contributed by atoms with Crippen molar-refractivity contribution in [3.8, 4) is 0 Å². The summed E-state index contributed by atoms with van der Waals surface area (Å²) in [6.45, 7) is 1.43. The van der Waals surface area contributed by atoms with Crippen LogP contribution in [0.3, 0.4) is 0 Å². The fraction of sp³-hybridized carbons (Fsp3) is 0.167. The Balaban J connectivity index is 2.83. The molecule has 0 amide bonds. The number of halogens is 1. The molecule has 4 heteroatoms. The Hall–Kier alpha value is -1.61. The number of alkyl halides is 1. The summed E-state index contributed by atoms with van der Waals surface area (Å²) >= 11 is 5.86. The van der Waals surface area contributed by atoms with Crippen LogP contribution in [0.25, 0.3) is 6.08 Å². The molecule has 0 aliphatic carbocycles. The second-order valence-electron chi connectivity index (χ2n) is 3.31. The molecule has 0 aliphatic rings. The molecule has 0 heterocycles. The predicted octanol–water partition coefficient (Wildman–Crippen LogP) is 2.65. The lowest BCUT2D eigenvalue weighted by atomic mass is 10.1. The van der Waals surface area contributed by atoms with E-state index in [1.165, 1.54) is 13.0 Å². The van der Waals surface area contributed by atoms with Gasteiger partial charge in [-0.3, -0.25) is 4.79 Å². The van der Waals surface area contributed by atoms with Crippen LogP contribution in [0.5, 0.6) is 0 Å². The van der Waals surface area contributed by atoms with Crippen molar-refractivity contribution < 1.29 is 14.7 Å². The van der Waals surface area contributed by atoms with Crippen LogP contribution in [0.15, 0.2) is 30.3 Å². The molecule has 0 saturated carbocycles. The molecule has 0 saturated heterocycles. The summed E-state index contributed by atoms with van der Waals surface area (Å²) < 4.78 is 0. The van der Waals surface area contributed by atoms with Crippen LogP contribution in [0.2, 0.25) is 0 Å². The van der Waals surface area contributed by atoms with Crippen LogP contribution >= 0.6 is 11.6 Å². The summed E-state index contributed by atoms with van der Waals surface area (Å²) in [5, 5.41) is 7.80. The minimum Gasteiger partial charge on any atom is -0.478 e. The van der Waals surface area contributed by atoms with Gasteiger partial charge in [0.1, 0.15) is 5.38 Å². The Morgan fingerprint density at radius 3 is 2.31 bits per heavy atom. The Morgan fingerprint density at radius 2 is 1.88 bits per heavy atom. The smallest absolute Gasteiger partial charge is 0.328 e. The summed E-state index contributed by atoms with van der Waals surface area (Å²) in [6, 6.07) is 6.85. The van der Waals surface area contributed by atoms with Gasteiger partial charge in [0, 0.05) is 6.08 Å². The zero-order valence-corrected chi connectivity index (χ0v) is 9.44. The third kappa shape index (κ3) is 3.51. The largest absolute Gasteiger partial charge is 0.478 e.